The standard InChI is InChI=1S/C25H27N5O5/c1-15-22-24(30(28-15)17-9-7-6-8-10-17)29(2)25(32)18(27-22)11-12-21(31)26-16-13-19(33-3)23(35-5)20(14-16)34-4/h6-10,13-14H,11-12H2,1-5H3,(H,26,31). The Hall–Kier alpha value is -4.34. The Kier molecular flexibility index (Phi) is 6.72. The van der Waals surface area contributed by atoms with Crippen LogP contribution in [0.25, 0.3) is 16.9 Å². The number of fused-ring (bicyclic) bond motifs is 1. The molecule has 0 atom stereocenters. The molecule has 0 aliphatic rings. The molecule has 0 fully saturated rings. The van der Waals surface area contributed by atoms with Gasteiger partial charge in [-0.3, -0.25) is 14.2 Å². The lowest BCUT2D eigenvalue weighted by atomic mass is 10.2. The van der Waals surface area contributed by atoms with Gasteiger partial charge in [0.2, 0.25) is 11.7 Å². The van der Waals surface area contributed by atoms with E-state index < -0.39 is 0 Å². The number of para-hydroxylation sites is 1. The Morgan fingerprint density at radius 2 is 1.69 bits per heavy atom. The Morgan fingerprint density at radius 1 is 1.03 bits per heavy atom. The fourth-order valence-corrected chi connectivity index (χ4v) is 3.93. The van der Waals surface area contributed by atoms with Crippen molar-refractivity contribution in [2.24, 2.45) is 7.05 Å². The molecule has 0 saturated heterocycles. The summed E-state index contributed by atoms with van der Waals surface area (Å²) in [6.07, 6.45) is 0.241. The first-order valence-corrected chi connectivity index (χ1v) is 11.0. The highest BCUT2D eigenvalue weighted by molar-refractivity contribution is 5.91. The minimum atomic E-state index is -0.278. The highest BCUT2D eigenvalue weighted by Gasteiger charge is 2.19. The van der Waals surface area contributed by atoms with Crippen LogP contribution in [0.1, 0.15) is 17.8 Å². The van der Waals surface area contributed by atoms with Gasteiger partial charge in [-0.05, 0) is 19.1 Å². The second kappa shape index (κ2) is 9.88. The van der Waals surface area contributed by atoms with E-state index in [0.29, 0.717) is 45.5 Å². The van der Waals surface area contributed by atoms with E-state index in [1.807, 2.05) is 37.3 Å². The number of rotatable bonds is 8. The zero-order valence-electron chi connectivity index (χ0n) is 20.3. The summed E-state index contributed by atoms with van der Waals surface area (Å²) in [7, 11) is 6.20. The third kappa shape index (κ3) is 4.54. The number of nitrogens with zero attached hydrogens (tertiary/aromatic N) is 4. The van der Waals surface area contributed by atoms with Gasteiger partial charge in [-0.2, -0.15) is 5.10 Å². The summed E-state index contributed by atoms with van der Waals surface area (Å²) in [6, 6.07) is 12.8. The van der Waals surface area contributed by atoms with Crippen LogP contribution in [0.4, 0.5) is 5.69 Å². The molecule has 0 aliphatic heterocycles. The van der Waals surface area contributed by atoms with Crippen molar-refractivity contribution in [1.82, 2.24) is 19.3 Å². The van der Waals surface area contributed by atoms with Crippen molar-refractivity contribution in [3.63, 3.8) is 0 Å². The van der Waals surface area contributed by atoms with Gasteiger partial charge in [-0.25, -0.2) is 9.67 Å². The number of amides is 1. The summed E-state index contributed by atoms with van der Waals surface area (Å²) in [5.41, 5.74) is 3.27. The number of nitrogens with one attached hydrogen (secondary N) is 1. The lowest BCUT2D eigenvalue weighted by Crippen LogP contribution is -2.25. The average molecular weight is 478 g/mol. The molecule has 4 rings (SSSR count). The van der Waals surface area contributed by atoms with E-state index in [1.165, 1.54) is 25.9 Å². The number of methoxy groups -OCH3 is 3. The summed E-state index contributed by atoms with van der Waals surface area (Å²) in [5.74, 6) is 1.00. The van der Waals surface area contributed by atoms with Gasteiger partial charge in [0.05, 0.1) is 32.7 Å². The van der Waals surface area contributed by atoms with Gasteiger partial charge in [0.25, 0.3) is 5.56 Å². The molecular weight excluding hydrogens is 450 g/mol. The van der Waals surface area contributed by atoms with Gasteiger partial charge in [0.1, 0.15) is 11.2 Å². The Morgan fingerprint density at radius 3 is 2.29 bits per heavy atom. The predicted octanol–water partition coefficient (Wildman–Crippen LogP) is 3.02. The van der Waals surface area contributed by atoms with E-state index in [0.717, 1.165) is 5.69 Å². The molecule has 0 radical (unpaired) electrons. The summed E-state index contributed by atoms with van der Waals surface area (Å²) in [5, 5.41) is 7.40. The molecule has 2 aromatic heterocycles. The van der Waals surface area contributed by atoms with Gasteiger partial charge in [0.15, 0.2) is 17.1 Å². The Balaban J connectivity index is 1.57. The topological polar surface area (TPSA) is 110 Å². The SMILES string of the molecule is COc1cc(NC(=O)CCc2nc3c(C)nn(-c4ccccc4)c3n(C)c2=O)cc(OC)c1OC. The molecule has 0 spiro atoms. The molecular formula is C25H27N5O5. The number of carbonyl (C=O) groups excluding carboxylic acids is 1. The Bertz CT molecular complexity index is 1420. The van der Waals surface area contributed by atoms with Crippen molar-refractivity contribution in [2.45, 2.75) is 19.8 Å². The van der Waals surface area contributed by atoms with Crippen LogP contribution in [-0.2, 0) is 18.3 Å². The molecule has 35 heavy (non-hydrogen) atoms. The average Bonchev–Trinajstić information content (AvgIpc) is 3.21. The molecule has 182 valence electrons. The maximum absolute atomic E-state index is 13.1. The van der Waals surface area contributed by atoms with Crippen LogP contribution < -0.4 is 25.1 Å². The summed E-state index contributed by atoms with van der Waals surface area (Å²) in [4.78, 5) is 30.3. The molecule has 1 N–H and O–H groups in total. The number of hydrogen-bond donors (Lipinski definition) is 1. The van der Waals surface area contributed by atoms with Crippen molar-refractivity contribution in [2.75, 3.05) is 26.6 Å². The number of aromatic nitrogens is 4. The van der Waals surface area contributed by atoms with Crippen molar-refractivity contribution in [3.8, 4) is 22.9 Å². The van der Waals surface area contributed by atoms with Crippen LogP contribution in [0.15, 0.2) is 47.3 Å². The predicted molar refractivity (Wildman–Crippen MR) is 132 cm³/mol. The quantitative estimate of drug-likeness (QED) is 0.415. The van der Waals surface area contributed by atoms with Crippen LogP contribution in [0.3, 0.4) is 0 Å². The summed E-state index contributed by atoms with van der Waals surface area (Å²) in [6.45, 7) is 1.85. The lowest BCUT2D eigenvalue weighted by molar-refractivity contribution is -0.116. The first kappa shape index (κ1) is 23.8. The second-order valence-electron chi connectivity index (χ2n) is 7.89. The molecule has 0 bridgehead atoms. The number of carbonyl (C=O) groups is 1. The minimum absolute atomic E-state index is 0.0658. The highest BCUT2D eigenvalue weighted by Crippen LogP contribution is 2.39. The van der Waals surface area contributed by atoms with E-state index in [-0.39, 0.29) is 24.3 Å². The van der Waals surface area contributed by atoms with Crippen LogP contribution in [0, 0.1) is 6.92 Å². The molecule has 0 saturated carbocycles. The molecule has 2 aromatic carbocycles. The first-order chi connectivity index (χ1) is 16.9. The van der Waals surface area contributed by atoms with Gasteiger partial charge in [0, 0.05) is 37.7 Å². The number of anilines is 1. The second-order valence-corrected chi connectivity index (χ2v) is 7.89. The molecule has 10 heteroatoms. The van der Waals surface area contributed by atoms with Gasteiger partial charge >= 0.3 is 0 Å². The molecule has 10 nitrogen and oxygen atoms in total. The summed E-state index contributed by atoms with van der Waals surface area (Å²) >= 11 is 0. The van der Waals surface area contributed by atoms with Gasteiger partial charge in [-0.15, -0.1) is 0 Å². The van der Waals surface area contributed by atoms with Crippen molar-refractivity contribution < 1.29 is 19.0 Å². The fourth-order valence-electron chi connectivity index (χ4n) is 3.93. The van der Waals surface area contributed by atoms with Crippen molar-refractivity contribution >= 4 is 22.8 Å². The normalized spacial score (nSPS) is 10.9. The van der Waals surface area contributed by atoms with Crippen LogP contribution >= 0.6 is 0 Å². The van der Waals surface area contributed by atoms with E-state index in [4.69, 9.17) is 14.2 Å². The molecule has 1 amide bonds. The number of benzene rings is 2. The van der Waals surface area contributed by atoms with E-state index >= 15 is 0 Å². The van der Waals surface area contributed by atoms with Gasteiger partial charge < -0.3 is 19.5 Å². The smallest absolute Gasteiger partial charge is 0.273 e. The minimum Gasteiger partial charge on any atom is -0.493 e. The Labute approximate surface area is 202 Å². The van der Waals surface area contributed by atoms with Crippen LogP contribution in [-0.4, -0.2) is 46.6 Å². The van der Waals surface area contributed by atoms with Crippen LogP contribution in [0.5, 0.6) is 17.2 Å². The van der Waals surface area contributed by atoms with Crippen molar-refractivity contribution in [1.29, 1.82) is 0 Å². The molecule has 4 aromatic rings. The maximum atomic E-state index is 13.1. The van der Waals surface area contributed by atoms with E-state index in [1.54, 1.807) is 23.9 Å². The monoisotopic (exact) mass is 477 g/mol. The first-order valence-electron chi connectivity index (χ1n) is 11.0. The van der Waals surface area contributed by atoms with Crippen LogP contribution in [0.2, 0.25) is 0 Å². The van der Waals surface area contributed by atoms with E-state index in [2.05, 4.69) is 15.4 Å². The third-order valence-corrected chi connectivity index (χ3v) is 5.66. The third-order valence-electron chi connectivity index (χ3n) is 5.66. The number of aryl methyl sites for hydroxylation is 3. The molecule has 0 aliphatic carbocycles. The number of hydrogen-bond acceptors (Lipinski definition) is 7. The highest BCUT2D eigenvalue weighted by atomic mass is 16.5. The zero-order chi connectivity index (χ0) is 25.1. The van der Waals surface area contributed by atoms with Crippen molar-refractivity contribution in [3.05, 3.63) is 64.2 Å². The van der Waals surface area contributed by atoms with Gasteiger partial charge in [-0.1, -0.05) is 18.2 Å². The fraction of sp³-hybridized carbons (Fsp3) is 0.280. The number of ether oxygens (including phenoxy) is 3. The largest absolute Gasteiger partial charge is 0.493 e. The zero-order valence-corrected chi connectivity index (χ0v) is 20.3. The maximum Gasteiger partial charge on any atom is 0.273 e. The molecule has 2 heterocycles. The lowest BCUT2D eigenvalue weighted by Gasteiger charge is -2.14. The van der Waals surface area contributed by atoms with E-state index in [9.17, 15) is 9.59 Å². The summed E-state index contributed by atoms with van der Waals surface area (Å²) < 4.78 is 19.2. The molecule has 0 unspecified atom stereocenters.